The van der Waals surface area contributed by atoms with E-state index in [1.54, 1.807) is 30.2 Å². The van der Waals surface area contributed by atoms with Crippen molar-refractivity contribution in [3.63, 3.8) is 0 Å². The van der Waals surface area contributed by atoms with Crippen molar-refractivity contribution >= 4 is 17.3 Å². The van der Waals surface area contributed by atoms with Gasteiger partial charge in [-0.15, -0.1) is 0 Å². The van der Waals surface area contributed by atoms with Gasteiger partial charge in [0, 0.05) is 30.2 Å². The summed E-state index contributed by atoms with van der Waals surface area (Å²) in [4.78, 5) is 11.8. The third-order valence-electron chi connectivity index (χ3n) is 2.34. The number of aryl methyl sites for hydroxylation is 1. The minimum Gasteiger partial charge on any atom is -0.457 e. The first-order chi connectivity index (χ1) is 8.54. The normalized spacial score (nSPS) is 10.3. The molecule has 18 heavy (non-hydrogen) atoms. The molecule has 6 heteroatoms. The highest BCUT2D eigenvalue weighted by Crippen LogP contribution is 2.15. The topological polar surface area (TPSA) is 96.2 Å². The van der Waals surface area contributed by atoms with E-state index in [0.717, 1.165) is 5.56 Å². The molecule has 0 spiro atoms. The van der Waals surface area contributed by atoms with Crippen LogP contribution in [0.2, 0.25) is 0 Å². The van der Waals surface area contributed by atoms with Crippen LogP contribution in [-0.4, -0.2) is 15.7 Å². The summed E-state index contributed by atoms with van der Waals surface area (Å²) in [5.41, 5.74) is 13.2. The van der Waals surface area contributed by atoms with Gasteiger partial charge in [-0.1, -0.05) is 0 Å². The molecule has 0 aliphatic heterocycles. The molecule has 6 nitrogen and oxygen atoms in total. The number of nitrogens with two attached hydrogens (primary N) is 2. The molecule has 0 fully saturated rings. The van der Waals surface area contributed by atoms with E-state index in [4.69, 9.17) is 16.2 Å². The number of hydrogen-bond donors (Lipinski definition) is 2. The lowest BCUT2D eigenvalue weighted by Crippen LogP contribution is -2.06. The Balaban J connectivity index is 2.03. The maximum atomic E-state index is 11.8. The monoisotopic (exact) mass is 246 g/mol. The average molecular weight is 246 g/mol. The van der Waals surface area contributed by atoms with Crippen LogP contribution < -0.4 is 11.5 Å². The third kappa shape index (κ3) is 2.79. The summed E-state index contributed by atoms with van der Waals surface area (Å²) in [7, 11) is 1.80. The predicted molar refractivity (Wildman–Crippen MR) is 67.6 cm³/mol. The van der Waals surface area contributed by atoms with Gasteiger partial charge in [-0.2, -0.15) is 5.10 Å². The molecule has 4 N–H and O–H groups in total. The fourth-order valence-electron chi connectivity index (χ4n) is 1.57. The van der Waals surface area contributed by atoms with Crippen molar-refractivity contribution in [3.8, 4) is 0 Å². The van der Waals surface area contributed by atoms with E-state index >= 15 is 0 Å². The molecular formula is C12H14N4O2. The summed E-state index contributed by atoms with van der Waals surface area (Å²) in [5.74, 6) is -0.460. The molecule has 0 saturated carbocycles. The number of rotatable bonds is 3. The first-order valence-electron chi connectivity index (χ1n) is 5.35. The number of benzene rings is 1. The van der Waals surface area contributed by atoms with Gasteiger partial charge in [0.05, 0.1) is 11.8 Å². The second kappa shape index (κ2) is 4.79. The Morgan fingerprint density at radius 2 is 2.00 bits per heavy atom. The van der Waals surface area contributed by atoms with Crippen LogP contribution in [0.4, 0.5) is 11.4 Å². The van der Waals surface area contributed by atoms with Gasteiger partial charge in [-0.25, -0.2) is 4.79 Å². The maximum Gasteiger partial charge on any atom is 0.338 e. The quantitative estimate of drug-likeness (QED) is 0.620. The van der Waals surface area contributed by atoms with Crippen LogP contribution in [0.1, 0.15) is 15.9 Å². The minimum atomic E-state index is -0.460. The summed E-state index contributed by atoms with van der Waals surface area (Å²) >= 11 is 0. The van der Waals surface area contributed by atoms with Gasteiger partial charge in [0.25, 0.3) is 0 Å². The zero-order chi connectivity index (χ0) is 13.1. The Morgan fingerprint density at radius 1 is 1.33 bits per heavy atom. The fraction of sp³-hybridized carbons (Fsp3) is 0.167. The van der Waals surface area contributed by atoms with Gasteiger partial charge >= 0.3 is 5.97 Å². The zero-order valence-corrected chi connectivity index (χ0v) is 9.96. The van der Waals surface area contributed by atoms with Crippen LogP contribution in [0.5, 0.6) is 0 Å². The third-order valence-corrected chi connectivity index (χ3v) is 2.34. The molecule has 0 aliphatic rings. The smallest absolute Gasteiger partial charge is 0.338 e. The Bertz CT molecular complexity index is 557. The summed E-state index contributed by atoms with van der Waals surface area (Å²) in [6, 6.07) is 4.64. The number of hydrogen-bond acceptors (Lipinski definition) is 5. The van der Waals surface area contributed by atoms with Gasteiger partial charge in [0.15, 0.2) is 0 Å². The van der Waals surface area contributed by atoms with E-state index in [0.29, 0.717) is 16.9 Å². The van der Waals surface area contributed by atoms with Crippen molar-refractivity contribution in [1.29, 1.82) is 0 Å². The Hall–Kier alpha value is -2.50. The van der Waals surface area contributed by atoms with Crippen molar-refractivity contribution < 1.29 is 9.53 Å². The van der Waals surface area contributed by atoms with Gasteiger partial charge in [-0.05, 0) is 18.2 Å². The number of nitrogens with zero attached hydrogens (tertiary/aromatic N) is 2. The minimum absolute atomic E-state index is 0.168. The summed E-state index contributed by atoms with van der Waals surface area (Å²) in [5, 5.41) is 3.98. The Morgan fingerprint density at radius 3 is 2.56 bits per heavy atom. The van der Waals surface area contributed by atoms with Crippen molar-refractivity contribution in [3.05, 3.63) is 41.7 Å². The highest BCUT2D eigenvalue weighted by atomic mass is 16.5. The molecule has 0 saturated heterocycles. The van der Waals surface area contributed by atoms with Gasteiger partial charge in [-0.3, -0.25) is 4.68 Å². The van der Waals surface area contributed by atoms with Crippen LogP contribution in [-0.2, 0) is 18.4 Å². The number of anilines is 2. The fourth-order valence-corrected chi connectivity index (χ4v) is 1.57. The number of esters is 1. The molecule has 0 aliphatic carbocycles. The second-order valence-corrected chi connectivity index (χ2v) is 3.99. The highest BCUT2D eigenvalue weighted by molar-refractivity contribution is 5.91. The van der Waals surface area contributed by atoms with Crippen molar-refractivity contribution in [2.24, 2.45) is 7.05 Å². The number of aromatic nitrogens is 2. The zero-order valence-electron chi connectivity index (χ0n) is 9.96. The number of carbonyl (C=O) groups is 1. The summed E-state index contributed by atoms with van der Waals surface area (Å²) < 4.78 is 6.77. The van der Waals surface area contributed by atoms with Gasteiger partial charge in [0.2, 0.25) is 0 Å². The molecule has 1 heterocycles. The van der Waals surface area contributed by atoms with E-state index in [2.05, 4.69) is 5.10 Å². The number of carbonyl (C=O) groups excluding carboxylic acids is 1. The van der Waals surface area contributed by atoms with Gasteiger partial charge in [0.1, 0.15) is 6.61 Å². The van der Waals surface area contributed by atoms with E-state index < -0.39 is 5.97 Å². The van der Waals surface area contributed by atoms with Gasteiger partial charge < -0.3 is 16.2 Å². The summed E-state index contributed by atoms with van der Waals surface area (Å²) in [6.45, 7) is 0.168. The van der Waals surface area contributed by atoms with Crippen LogP contribution in [0.25, 0.3) is 0 Å². The molecule has 2 rings (SSSR count). The lowest BCUT2D eigenvalue weighted by Gasteiger charge is -2.05. The first-order valence-corrected chi connectivity index (χ1v) is 5.35. The number of nitrogen functional groups attached to an aromatic ring is 2. The lowest BCUT2D eigenvalue weighted by atomic mass is 10.2. The van der Waals surface area contributed by atoms with Crippen molar-refractivity contribution in [2.75, 3.05) is 11.5 Å². The second-order valence-electron chi connectivity index (χ2n) is 3.99. The largest absolute Gasteiger partial charge is 0.457 e. The molecule has 2 aromatic rings. The Labute approximate surface area is 104 Å². The molecule has 1 aromatic heterocycles. The van der Waals surface area contributed by atoms with Crippen LogP contribution >= 0.6 is 0 Å². The molecule has 0 unspecified atom stereocenters. The maximum absolute atomic E-state index is 11.8. The standard InChI is InChI=1S/C12H14N4O2/c1-16-6-8(5-15-16)7-18-12(17)9-2-10(13)4-11(14)3-9/h2-6H,7,13-14H2,1H3. The average Bonchev–Trinajstić information content (AvgIpc) is 2.70. The van der Waals surface area contributed by atoms with Crippen molar-refractivity contribution in [1.82, 2.24) is 9.78 Å². The molecule has 0 radical (unpaired) electrons. The SMILES string of the molecule is Cn1cc(COC(=O)c2cc(N)cc(N)c2)cn1. The Kier molecular flexibility index (Phi) is 3.18. The van der Waals surface area contributed by atoms with E-state index in [9.17, 15) is 4.79 Å². The van der Waals surface area contributed by atoms with E-state index in [-0.39, 0.29) is 6.61 Å². The summed E-state index contributed by atoms with van der Waals surface area (Å²) in [6.07, 6.45) is 3.42. The van der Waals surface area contributed by atoms with Crippen molar-refractivity contribution in [2.45, 2.75) is 6.61 Å². The first kappa shape index (κ1) is 12.0. The highest BCUT2D eigenvalue weighted by Gasteiger charge is 2.09. The molecular weight excluding hydrogens is 232 g/mol. The van der Waals surface area contributed by atoms with Crippen LogP contribution in [0.3, 0.4) is 0 Å². The molecule has 94 valence electrons. The molecule has 0 atom stereocenters. The molecule has 0 amide bonds. The lowest BCUT2D eigenvalue weighted by molar-refractivity contribution is 0.0473. The molecule has 0 bridgehead atoms. The van der Waals surface area contributed by atoms with Crippen LogP contribution in [0, 0.1) is 0 Å². The predicted octanol–water partition coefficient (Wildman–Crippen LogP) is 0.942. The number of ether oxygens (including phenoxy) is 1. The van der Waals surface area contributed by atoms with Crippen LogP contribution in [0.15, 0.2) is 30.6 Å². The van der Waals surface area contributed by atoms with E-state index in [1.807, 2.05) is 0 Å². The molecule has 1 aromatic carbocycles. The van der Waals surface area contributed by atoms with E-state index in [1.165, 1.54) is 12.1 Å².